The van der Waals surface area contributed by atoms with Crippen molar-refractivity contribution in [2.75, 3.05) is 13.7 Å². The van der Waals surface area contributed by atoms with Crippen molar-refractivity contribution >= 4 is 5.97 Å². The standard InChI is InChI=1S/C10H21NO4/c1-9(2,10(3,4)14)11-7(6-15-5)8(12)13/h7,11,14H,6H2,1-5H3,(H,12,13). The normalized spacial score (nSPS) is 15.1. The Hall–Kier alpha value is -0.650. The van der Waals surface area contributed by atoms with Crippen molar-refractivity contribution in [3.05, 3.63) is 0 Å². The van der Waals surface area contributed by atoms with Crippen LogP contribution < -0.4 is 5.32 Å². The maximum Gasteiger partial charge on any atom is 0.323 e. The van der Waals surface area contributed by atoms with E-state index < -0.39 is 23.2 Å². The van der Waals surface area contributed by atoms with Crippen LogP contribution in [0.4, 0.5) is 0 Å². The number of hydrogen-bond donors (Lipinski definition) is 3. The molecule has 1 atom stereocenters. The van der Waals surface area contributed by atoms with Gasteiger partial charge in [-0.25, -0.2) is 0 Å². The Bertz CT molecular complexity index is 220. The monoisotopic (exact) mass is 219 g/mol. The van der Waals surface area contributed by atoms with Gasteiger partial charge in [0.25, 0.3) is 0 Å². The molecule has 1 unspecified atom stereocenters. The number of aliphatic carboxylic acids is 1. The number of nitrogens with one attached hydrogen (secondary N) is 1. The number of methoxy groups -OCH3 is 1. The van der Waals surface area contributed by atoms with Gasteiger partial charge in [0.2, 0.25) is 0 Å². The number of carbonyl (C=O) groups is 1. The predicted molar refractivity (Wildman–Crippen MR) is 56.8 cm³/mol. The van der Waals surface area contributed by atoms with Crippen molar-refractivity contribution in [1.29, 1.82) is 0 Å². The number of carboxylic acid groups (broad SMARTS) is 1. The van der Waals surface area contributed by atoms with Gasteiger partial charge in [-0.05, 0) is 27.7 Å². The first-order valence-electron chi connectivity index (χ1n) is 4.83. The predicted octanol–water partition coefficient (Wildman–Crippen LogP) is 0.225. The van der Waals surface area contributed by atoms with E-state index in [1.54, 1.807) is 27.7 Å². The molecule has 3 N–H and O–H groups in total. The molecule has 0 saturated heterocycles. The number of aliphatic hydroxyl groups is 1. The molecule has 0 aromatic carbocycles. The highest BCUT2D eigenvalue weighted by Crippen LogP contribution is 2.21. The fourth-order valence-corrected chi connectivity index (χ4v) is 0.954. The van der Waals surface area contributed by atoms with E-state index in [1.165, 1.54) is 7.11 Å². The van der Waals surface area contributed by atoms with Gasteiger partial charge in [-0.3, -0.25) is 10.1 Å². The van der Waals surface area contributed by atoms with E-state index in [0.717, 1.165) is 0 Å². The molecule has 0 amide bonds. The Morgan fingerprint density at radius 3 is 2.13 bits per heavy atom. The smallest absolute Gasteiger partial charge is 0.323 e. The van der Waals surface area contributed by atoms with Gasteiger partial charge in [0.15, 0.2) is 0 Å². The molecule has 0 aromatic heterocycles. The minimum Gasteiger partial charge on any atom is -0.480 e. The second-order valence-corrected chi connectivity index (χ2v) is 4.67. The van der Waals surface area contributed by atoms with E-state index in [-0.39, 0.29) is 6.61 Å². The maximum absolute atomic E-state index is 10.9. The zero-order valence-corrected chi connectivity index (χ0v) is 10.00. The van der Waals surface area contributed by atoms with Gasteiger partial charge in [-0.1, -0.05) is 0 Å². The summed E-state index contributed by atoms with van der Waals surface area (Å²) in [6.45, 7) is 6.82. The van der Waals surface area contributed by atoms with Crippen molar-refractivity contribution in [3.8, 4) is 0 Å². The first-order chi connectivity index (χ1) is 6.62. The van der Waals surface area contributed by atoms with Gasteiger partial charge in [0, 0.05) is 12.6 Å². The third-order valence-electron chi connectivity index (χ3n) is 2.70. The molecule has 0 aliphatic rings. The second-order valence-electron chi connectivity index (χ2n) is 4.67. The quantitative estimate of drug-likeness (QED) is 0.596. The highest BCUT2D eigenvalue weighted by Gasteiger charge is 2.38. The minimum atomic E-state index is -1.02. The Labute approximate surface area is 90.4 Å². The van der Waals surface area contributed by atoms with Crippen LogP contribution in [0.1, 0.15) is 27.7 Å². The summed E-state index contributed by atoms with van der Waals surface area (Å²) in [6.07, 6.45) is 0. The molecule has 0 heterocycles. The Kier molecular flexibility index (Phi) is 4.70. The van der Waals surface area contributed by atoms with Crippen LogP contribution in [0.25, 0.3) is 0 Å². The average molecular weight is 219 g/mol. The Morgan fingerprint density at radius 2 is 1.87 bits per heavy atom. The van der Waals surface area contributed by atoms with Gasteiger partial charge in [0.05, 0.1) is 12.2 Å². The molecule has 0 rings (SSSR count). The van der Waals surface area contributed by atoms with Crippen LogP contribution in [-0.4, -0.2) is 47.1 Å². The fourth-order valence-electron chi connectivity index (χ4n) is 0.954. The van der Waals surface area contributed by atoms with E-state index in [2.05, 4.69) is 5.32 Å². The van der Waals surface area contributed by atoms with Gasteiger partial charge < -0.3 is 14.9 Å². The lowest BCUT2D eigenvalue weighted by atomic mass is 9.85. The van der Waals surface area contributed by atoms with E-state index in [4.69, 9.17) is 9.84 Å². The first-order valence-corrected chi connectivity index (χ1v) is 4.83. The number of ether oxygens (including phenoxy) is 1. The van der Waals surface area contributed by atoms with Crippen LogP contribution in [-0.2, 0) is 9.53 Å². The lowest BCUT2D eigenvalue weighted by molar-refractivity contribution is -0.142. The lowest BCUT2D eigenvalue weighted by Crippen LogP contribution is -2.61. The van der Waals surface area contributed by atoms with E-state index >= 15 is 0 Å². The summed E-state index contributed by atoms with van der Waals surface area (Å²) in [5, 5.41) is 21.6. The molecule has 0 radical (unpaired) electrons. The number of rotatable bonds is 6. The van der Waals surface area contributed by atoms with Crippen LogP contribution in [0.5, 0.6) is 0 Å². The van der Waals surface area contributed by atoms with Crippen LogP contribution in [0.15, 0.2) is 0 Å². The summed E-state index contributed by atoms with van der Waals surface area (Å²) >= 11 is 0. The number of carboxylic acids is 1. The Balaban J connectivity index is 4.59. The zero-order chi connectivity index (χ0) is 12.3. The second kappa shape index (κ2) is 4.92. The molecule has 0 aliphatic heterocycles. The highest BCUT2D eigenvalue weighted by atomic mass is 16.5. The van der Waals surface area contributed by atoms with Crippen LogP contribution in [0, 0.1) is 0 Å². The summed E-state index contributed by atoms with van der Waals surface area (Å²) in [5.41, 5.74) is -1.73. The van der Waals surface area contributed by atoms with Crippen molar-refractivity contribution in [2.45, 2.75) is 44.9 Å². The van der Waals surface area contributed by atoms with Gasteiger partial charge in [0.1, 0.15) is 6.04 Å². The molecule has 0 aromatic rings. The van der Waals surface area contributed by atoms with Crippen molar-refractivity contribution < 1.29 is 19.7 Å². The van der Waals surface area contributed by atoms with Gasteiger partial charge in [-0.2, -0.15) is 0 Å². The molecular formula is C10H21NO4. The Morgan fingerprint density at radius 1 is 1.40 bits per heavy atom. The van der Waals surface area contributed by atoms with Crippen molar-refractivity contribution in [1.82, 2.24) is 5.32 Å². The van der Waals surface area contributed by atoms with Crippen LogP contribution >= 0.6 is 0 Å². The van der Waals surface area contributed by atoms with E-state index in [9.17, 15) is 9.90 Å². The lowest BCUT2D eigenvalue weighted by Gasteiger charge is -2.40. The van der Waals surface area contributed by atoms with E-state index in [0.29, 0.717) is 0 Å². The molecule has 15 heavy (non-hydrogen) atoms. The minimum absolute atomic E-state index is 0.0643. The maximum atomic E-state index is 10.9. The zero-order valence-electron chi connectivity index (χ0n) is 10.00. The summed E-state index contributed by atoms with van der Waals surface area (Å²) in [5.74, 6) is -0.992. The third-order valence-corrected chi connectivity index (χ3v) is 2.70. The van der Waals surface area contributed by atoms with Crippen LogP contribution in [0.2, 0.25) is 0 Å². The molecule has 90 valence electrons. The molecule has 0 spiro atoms. The van der Waals surface area contributed by atoms with E-state index in [1.807, 2.05) is 0 Å². The first kappa shape index (κ1) is 14.3. The van der Waals surface area contributed by atoms with Crippen molar-refractivity contribution in [2.24, 2.45) is 0 Å². The molecule has 0 bridgehead atoms. The molecule has 5 nitrogen and oxygen atoms in total. The molecule has 5 heteroatoms. The largest absolute Gasteiger partial charge is 0.480 e. The summed E-state index contributed by atoms with van der Waals surface area (Å²) < 4.78 is 4.80. The van der Waals surface area contributed by atoms with Crippen molar-refractivity contribution in [3.63, 3.8) is 0 Å². The molecule has 0 fully saturated rings. The topological polar surface area (TPSA) is 78.8 Å². The third kappa shape index (κ3) is 4.15. The highest BCUT2D eigenvalue weighted by molar-refractivity contribution is 5.73. The summed E-state index contributed by atoms with van der Waals surface area (Å²) in [6, 6.07) is -0.823. The molecule has 0 saturated carbocycles. The van der Waals surface area contributed by atoms with Crippen LogP contribution in [0.3, 0.4) is 0 Å². The SMILES string of the molecule is COCC(NC(C)(C)C(C)(C)O)C(=O)O. The van der Waals surface area contributed by atoms with Gasteiger partial charge >= 0.3 is 5.97 Å². The fraction of sp³-hybridized carbons (Fsp3) is 0.900. The number of hydrogen-bond acceptors (Lipinski definition) is 4. The summed E-state index contributed by atoms with van der Waals surface area (Å²) in [7, 11) is 1.44. The van der Waals surface area contributed by atoms with Gasteiger partial charge in [-0.15, -0.1) is 0 Å². The summed E-state index contributed by atoms with van der Waals surface area (Å²) in [4.78, 5) is 10.9. The average Bonchev–Trinajstić information content (AvgIpc) is 2.00. The molecular weight excluding hydrogens is 198 g/mol. The molecule has 0 aliphatic carbocycles.